The first-order valence-electron chi connectivity index (χ1n) is 11.3. The van der Waals surface area contributed by atoms with Crippen molar-refractivity contribution in [2.45, 2.75) is 45.7 Å². The smallest absolute Gasteiger partial charge is 0.407 e. The molecular formula is C23H26N4O5S2. The lowest BCUT2D eigenvalue weighted by atomic mass is 10.0. The maximum Gasteiger partial charge on any atom is 0.407 e. The SMILES string of the molecule is CCC(C)NCCC(=O)Nc1sc2c(c1-c1nc3cc4c(cc3s1)OCO4)CCN(C(=O)O)C2. The molecule has 5 rings (SSSR count). The number of nitrogens with one attached hydrogen (secondary N) is 2. The monoisotopic (exact) mass is 502 g/mol. The number of hydrogen-bond acceptors (Lipinski definition) is 8. The second kappa shape index (κ2) is 9.40. The predicted octanol–water partition coefficient (Wildman–Crippen LogP) is 4.51. The number of carbonyl (C=O) groups excluding carboxylic acids is 1. The van der Waals surface area contributed by atoms with E-state index in [9.17, 15) is 14.7 Å². The van der Waals surface area contributed by atoms with Gasteiger partial charge in [-0.05, 0) is 25.3 Å². The molecule has 1 unspecified atom stereocenters. The highest BCUT2D eigenvalue weighted by molar-refractivity contribution is 7.23. The highest BCUT2D eigenvalue weighted by Crippen LogP contribution is 2.47. The summed E-state index contributed by atoms with van der Waals surface area (Å²) in [5.41, 5.74) is 2.77. The zero-order chi connectivity index (χ0) is 23.8. The molecule has 3 N–H and O–H groups in total. The third kappa shape index (κ3) is 4.42. The summed E-state index contributed by atoms with van der Waals surface area (Å²) in [6.07, 6.45) is 1.00. The van der Waals surface area contributed by atoms with Crippen molar-refractivity contribution in [2.75, 3.05) is 25.2 Å². The molecule has 1 atom stereocenters. The Morgan fingerprint density at radius 3 is 2.82 bits per heavy atom. The molecule has 0 aliphatic carbocycles. The van der Waals surface area contributed by atoms with Gasteiger partial charge in [0.15, 0.2) is 11.5 Å². The molecule has 9 nitrogen and oxygen atoms in total. The Labute approximate surface area is 204 Å². The summed E-state index contributed by atoms with van der Waals surface area (Å²) in [6, 6.07) is 4.17. The summed E-state index contributed by atoms with van der Waals surface area (Å²) in [4.78, 5) is 31.5. The van der Waals surface area contributed by atoms with E-state index in [-0.39, 0.29) is 12.7 Å². The fraction of sp³-hybridized carbons (Fsp3) is 0.435. The Morgan fingerprint density at radius 2 is 2.06 bits per heavy atom. The van der Waals surface area contributed by atoms with E-state index in [1.165, 1.54) is 27.6 Å². The number of carboxylic acid groups (broad SMARTS) is 1. The van der Waals surface area contributed by atoms with Gasteiger partial charge in [0.05, 0.1) is 16.8 Å². The number of carbonyl (C=O) groups is 2. The van der Waals surface area contributed by atoms with Gasteiger partial charge in [-0.1, -0.05) is 6.92 Å². The minimum atomic E-state index is -0.934. The Kier molecular flexibility index (Phi) is 6.32. The maximum absolute atomic E-state index is 12.8. The third-order valence-corrected chi connectivity index (χ3v) is 8.30. The molecule has 0 saturated carbocycles. The lowest BCUT2D eigenvalue weighted by molar-refractivity contribution is -0.116. The van der Waals surface area contributed by atoms with Crippen LogP contribution in [0.4, 0.5) is 9.80 Å². The topological polar surface area (TPSA) is 113 Å². The first-order valence-corrected chi connectivity index (χ1v) is 12.9. The fourth-order valence-corrected chi connectivity index (χ4v) is 6.47. The Morgan fingerprint density at radius 1 is 1.26 bits per heavy atom. The summed E-state index contributed by atoms with van der Waals surface area (Å²) in [5.74, 6) is 1.30. The van der Waals surface area contributed by atoms with Crippen LogP contribution in [0.1, 0.15) is 37.1 Å². The van der Waals surface area contributed by atoms with Crippen LogP contribution < -0.4 is 20.1 Å². The quantitative estimate of drug-likeness (QED) is 0.436. The van der Waals surface area contributed by atoms with Crippen molar-refractivity contribution in [1.29, 1.82) is 0 Å². The third-order valence-electron chi connectivity index (χ3n) is 6.13. The molecular weight excluding hydrogens is 476 g/mol. The van der Waals surface area contributed by atoms with E-state index in [4.69, 9.17) is 14.5 Å². The molecule has 11 heteroatoms. The minimum absolute atomic E-state index is 0.0763. The highest BCUT2D eigenvalue weighted by atomic mass is 32.1. The van der Waals surface area contributed by atoms with Crippen LogP contribution in [0.25, 0.3) is 20.8 Å². The average Bonchev–Trinajstić information content (AvgIpc) is 3.51. The minimum Gasteiger partial charge on any atom is -0.465 e. The van der Waals surface area contributed by atoms with Crippen molar-refractivity contribution in [1.82, 2.24) is 15.2 Å². The molecule has 34 heavy (non-hydrogen) atoms. The molecule has 2 aliphatic rings. The van der Waals surface area contributed by atoms with Crippen molar-refractivity contribution in [3.8, 4) is 22.1 Å². The van der Waals surface area contributed by atoms with Crippen LogP contribution in [0.2, 0.25) is 0 Å². The van der Waals surface area contributed by atoms with Gasteiger partial charge in [-0.25, -0.2) is 9.78 Å². The van der Waals surface area contributed by atoms with E-state index in [2.05, 4.69) is 24.5 Å². The molecule has 0 saturated heterocycles. The number of hydrogen-bond donors (Lipinski definition) is 3. The van der Waals surface area contributed by atoms with Crippen LogP contribution in [-0.2, 0) is 17.8 Å². The second-order valence-corrected chi connectivity index (χ2v) is 10.6. The largest absolute Gasteiger partial charge is 0.465 e. The van der Waals surface area contributed by atoms with Crippen molar-refractivity contribution in [3.05, 3.63) is 22.6 Å². The van der Waals surface area contributed by atoms with Crippen LogP contribution in [0.15, 0.2) is 12.1 Å². The lowest BCUT2D eigenvalue weighted by Gasteiger charge is -2.24. The zero-order valence-electron chi connectivity index (χ0n) is 19.0. The molecule has 0 radical (unpaired) electrons. The van der Waals surface area contributed by atoms with Gasteiger partial charge in [0, 0.05) is 48.1 Å². The average molecular weight is 503 g/mol. The van der Waals surface area contributed by atoms with Crippen LogP contribution >= 0.6 is 22.7 Å². The zero-order valence-corrected chi connectivity index (χ0v) is 20.6. The number of fused-ring (bicyclic) bond motifs is 3. The summed E-state index contributed by atoms with van der Waals surface area (Å²) >= 11 is 2.98. The molecule has 180 valence electrons. The van der Waals surface area contributed by atoms with Gasteiger partial charge in [0.25, 0.3) is 0 Å². The number of nitrogens with zero attached hydrogens (tertiary/aromatic N) is 2. The fourth-order valence-electron chi connectivity index (χ4n) is 4.07. The van der Waals surface area contributed by atoms with Crippen molar-refractivity contribution in [3.63, 3.8) is 0 Å². The van der Waals surface area contributed by atoms with Crippen LogP contribution in [-0.4, -0.2) is 52.9 Å². The lowest BCUT2D eigenvalue weighted by Crippen LogP contribution is -2.34. The van der Waals surface area contributed by atoms with E-state index < -0.39 is 6.09 Å². The Bertz CT molecular complexity index is 1210. The summed E-state index contributed by atoms with van der Waals surface area (Å²) in [5, 5.41) is 17.4. The summed E-state index contributed by atoms with van der Waals surface area (Å²) in [6.45, 7) is 5.73. The number of thiophene rings is 1. The standard InChI is InChI=1S/C23H26N4O5S2/c1-3-12(2)24-6-4-19(28)26-22-20(13-5-7-27(23(29)30)10-18(13)34-22)21-25-14-8-15-16(32-11-31-15)9-17(14)33-21/h8-9,12,24H,3-7,10-11H2,1-2H3,(H,26,28)(H,29,30). The second-order valence-electron chi connectivity index (χ2n) is 8.42. The molecule has 2 aliphatic heterocycles. The van der Waals surface area contributed by atoms with Gasteiger partial charge in [-0.2, -0.15) is 0 Å². The molecule has 0 spiro atoms. The summed E-state index contributed by atoms with van der Waals surface area (Å²) in [7, 11) is 0. The van der Waals surface area contributed by atoms with Crippen LogP contribution in [0, 0.1) is 0 Å². The van der Waals surface area contributed by atoms with Crippen LogP contribution in [0.5, 0.6) is 11.5 Å². The number of ether oxygens (including phenoxy) is 2. The van der Waals surface area contributed by atoms with E-state index in [0.717, 1.165) is 42.7 Å². The molecule has 0 bridgehead atoms. The van der Waals surface area contributed by atoms with Gasteiger partial charge >= 0.3 is 6.09 Å². The van der Waals surface area contributed by atoms with Gasteiger partial charge in [0.2, 0.25) is 12.7 Å². The number of rotatable bonds is 7. The van der Waals surface area contributed by atoms with Crippen molar-refractivity contribution >= 4 is 49.9 Å². The van der Waals surface area contributed by atoms with Gasteiger partial charge in [-0.3, -0.25) is 4.79 Å². The number of benzene rings is 1. The molecule has 3 aromatic rings. The number of thiazole rings is 1. The highest BCUT2D eigenvalue weighted by Gasteiger charge is 2.29. The summed E-state index contributed by atoms with van der Waals surface area (Å²) < 4.78 is 12.0. The number of amides is 2. The van der Waals surface area contributed by atoms with Gasteiger partial charge in [0.1, 0.15) is 10.0 Å². The Balaban J connectivity index is 1.47. The number of anilines is 1. The maximum atomic E-state index is 12.8. The predicted molar refractivity (Wildman–Crippen MR) is 132 cm³/mol. The van der Waals surface area contributed by atoms with Crippen LogP contribution in [0.3, 0.4) is 0 Å². The van der Waals surface area contributed by atoms with Crippen molar-refractivity contribution < 1.29 is 24.2 Å². The van der Waals surface area contributed by atoms with E-state index >= 15 is 0 Å². The number of aromatic nitrogens is 1. The van der Waals surface area contributed by atoms with Gasteiger partial charge < -0.3 is 30.1 Å². The van der Waals surface area contributed by atoms with Gasteiger partial charge in [-0.15, -0.1) is 22.7 Å². The molecule has 1 aromatic carbocycles. The first-order chi connectivity index (χ1) is 16.4. The molecule has 0 fully saturated rings. The van der Waals surface area contributed by atoms with Crippen molar-refractivity contribution in [2.24, 2.45) is 0 Å². The molecule has 2 amide bonds. The van der Waals surface area contributed by atoms with E-state index in [1.54, 1.807) is 0 Å². The van der Waals surface area contributed by atoms with E-state index in [1.807, 2.05) is 12.1 Å². The Hall–Kier alpha value is -2.89. The first kappa shape index (κ1) is 22.9. The molecule has 4 heterocycles. The normalized spacial score (nSPS) is 15.4. The molecule has 2 aromatic heterocycles. The van der Waals surface area contributed by atoms with E-state index in [0.29, 0.717) is 50.0 Å².